The lowest BCUT2D eigenvalue weighted by Crippen LogP contribution is -2.44. The van der Waals surface area contributed by atoms with Crippen molar-refractivity contribution in [1.29, 1.82) is 0 Å². The number of hydrogen-bond donors (Lipinski definition) is 3. The SMILES string of the molecule is CC(C)(CNC(=O)NC(CO)c1ccccc1)c1ccccc1. The van der Waals surface area contributed by atoms with Gasteiger partial charge in [0.2, 0.25) is 0 Å². The van der Waals surface area contributed by atoms with Gasteiger partial charge >= 0.3 is 6.03 Å². The van der Waals surface area contributed by atoms with Crippen LogP contribution in [-0.4, -0.2) is 24.3 Å². The molecular weight excluding hydrogens is 288 g/mol. The third kappa shape index (κ3) is 4.83. The lowest BCUT2D eigenvalue weighted by atomic mass is 9.85. The zero-order valence-corrected chi connectivity index (χ0v) is 13.6. The van der Waals surface area contributed by atoms with E-state index in [0.29, 0.717) is 6.54 Å². The van der Waals surface area contributed by atoms with Crippen molar-refractivity contribution in [2.24, 2.45) is 0 Å². The highest BCUT2D eigenvalue weighted by Crippen LogP contribution is 2.21. The molecule has 122 valence electrons. The Morgan fingerprint density at radius 1 is 1.04 bits per heavy atom. The van der Waals surface area contributed by atoms with Crippen LogP contribution in [0.4, 0.5) is 4.79 Å². The van der Waals surface area contributed by atoms with Crippen molar-refractivity contribution in [2.75, 3.05) is 13.2 Å². The van der Waals surface area contributed by atoms with Crippen molar-refractivity contribution in [3.05, 3.63) is 71.8 Å². The largest absolute Gasteiger partial charge is 0.394 e. The minimum atomic E-state index is -0.406. The Balaban J connectivity index is 1.92. The van der Waals surface area contributed by atoms with Crippen LogP contribution in [0.1, 0.15) is 31.0 Å². The maximum Gasteiger partial charge on any atom is 0.315 e. The van der Waals surface area contributed by atoms with Crippen LogP contribution in [-0.2, 0) is 5.41 Å². The van der Waals surface area contributed by atoms with Crippen LogP contribution < -0.4 is 10.6 Å². The van der Waals surface area contributed by atoms with Crippen LogP contribution in [0.5, 0.6) is 0 Å². The van der Waals surface area contributed by atoms with Crippen molar-refractivity contribution in [3.63, 3.8) is 0 Å². The molecule has 2 aromatic rings. The first-order valence-corrected chi connectivity index (χ1v) is 7.78. The summed E-state index contributed by atoms with van der Waals surface area (Å²) in [6.07, 6.45) is 0. The first kappa shape index (κ1) is 17.0. The normalized spacial score (nSPS) is 12.5. The van der Waals surface area contributed by atoms with Crippen LogP contribution in [0, 0.1) is 0 Å². The molecule has 4 nitrogen and oxygen atoms in total. The molecule has 0 aliphatic heterocycles. The van der Waals surface area contributed by atoms with E-state index in [-0.39, 0.29) is 18.1 Å². The van der Waals surface area contributed by atoms with Crippen molar-refractivity contribution in [3.8, 4) is 0 Å². The molecule has 0 aliphatic carbocycles. The number of rotatable bonds is 6. The molecular formula is C19H24N2O2. The summed E-state index contributed by atoms with van der Waals surface area (Å²) in [6, 6.07) is 18.8. The van der Waals surface area contributed by atoms with E-state index >= 15 is 0 Å². The van der Waals surface area contributed by atoms with Gasteiger partial charge in [-0.25, -0.2) is 4.79 Å². The average molecular weight is 312 g/mol. The third-order valence-electron chi connectivity index (χ3n) is 3.94. The van der Waals surface area contributed by atoms with Gasteiger partial charge in [-0.05, 0) is 11.1 Å². The summed E-state index contributed by atoms with van der Waals surface area (Å²) in [6.45, 7) is 4.54. The molecule has 0 aliphatic rings. The quantitative estimate of drug-likeness (QED) is 0.768. The van der Waals surface area contributed by atoms with E-state index in [1.54, 1.807) is 0 Å². The van der Waals surface area contributed by atoms with Crippen molar-refractivity contribution >= 4 is 6.03 Å². The summed E-state index contributed by atoms with van der Waals surface area (Å²) in [5, 5.41) is 15.2. The molecule has 1 unspecified atom stereocenters. The Bertz CT molecular complexity index is 612. The topological polar surface area (TPSA) is 61.4 Å². The molecule has 0 radical (unpaired) electrons. The molecule has 3 N–H and O–H groups in total. The highest BCUT2D eigenvalue weighted by atomic mass is 16.3. The Morgan fingerprint density at radius 2 is 1.61 bits per heavy atom. The second kappa shape index (κ2) is 7.79. The van der Waals surface area contributed by atoms with Gasteiger partial charge in [-0.3, -0.25) is 0 Å². The second-order valence-corrected chi connectivity index (χ2v) is 6.22. The van der Waals surface area contributed by atoms with Crippen molar-refractivity contribution in [2.45, 2.75) is 25.3 Å². The van der Waals surface area contributed by atoms with Gasteiger partial charge in [-0.2, -0.15) is 0 Å². The second-order valence-electron chi connectivity index (χ2n) is 6.22. The fourth-order valence-electron chi connectivity index (χ4n) is 2.42. The number of amides is 2. The van der Waals surface area contributed by atoms with Crippen LogP contribution in [0.2, 0.25) is 0 Å². The molecule has 0 fully saturated rings. The van der Waals surface area contributed by atoms with E-state index in [9.17, 15) is 9.90 Å². The fraction of sp³-hybridized carbons (Fsp3) is 0.316. The van der Waals surface area contributed by atoms with E-state index in [2.05, 4.69) is 36.6 Å². The lowest BCUT2D eigenvalue weighted by molar-refractivity contribution is 0.215. The number of nitrogens with one attached hydrogen (secondary N) is 2. The Kier molecular flexibility index (Phi) is 5.77. The van der Waals surface area contributed by atoms with Crippen LogP contribution in [0.25, 0.3) is 0 Å². The van der Waals surface area contributed by atoms with E-state index in [4.69, 9.17) is 0 Å². The van der Waals surface area contributed by atoms with Gasteiger partial charge in [0.25, 0.3) is 0 Å². The minimum absolute atomic E-state index is 0.139. The summed E-state index contributed by atoms with van der Waals surface area (Å²) < 4.78 is 0. The van der Waals surface area contributed by atoms with Crippen LogP contribution in [0.3, 0.4) is 0 Å². The van der Waals surface area contributed by atoms with E-state index in [0.717, 1.165) is 5.56 Å². The highest BCUT2D eigenvalue weighted by molar-refractivity contribution is 5.74. The maximum absolute atomic E-state index is 12.1. The predicted octanol–water partition coefficient (Wildman–Crippen LogP) is 3.00. The monoisotopic (exact) mass is 312 g/mol. The number of hydrogen-bond acceptors (Lipinski definition) is 2. The molecule has 0 heterocycles. The predicted molar refractivity (Wildman–Crippen MR) is 92.3 cm³/mol. The molecule has 1 atom stereocenters. The molecule has 0 saturated carbocycles. The molecule has 4 heteroatoms. The smallest absolute Gasteiger partial charge is 0.315 e. The van der Waals surface area contributed by atoms with Gasteiger partial charge in [0.15, 0.2) is 0 Å². The van der Waals surface area contributed by atoms with Crippen LogP contribution in [0.15, 0.2) is 60.7 Å². The Morgan fingerprint density at radius 3 is 2.17 bits per heavy atom. The lowest BCUT2D eigenvalue weighted by Gasteiger charge is -2.26. The highest BCUT2D eigenvalue weighted by Gasteiger charge is 2.22. The summed E-state index contributed by atoms with van der Waals surface area (Å²) in [5.41, 5.74) is 1.88. The summed E-state index contributed by atoms with van der Waals surface area (Å²) >= 11 is 0. The van der Waals surface area contributed by atoms with Gasteiger partial charge in [0, 0.05) is 12.0 Å². The van der Waals surface area contributed by atoms with Gasteiger partial charge in [0.1, 0.15) is 0 Å². The molecule has 2 amide bonds. The first-order chi connectivity index (χ1) is 11.0. The molecule has 2 aromatic carbocycles. The van der Waals surface area contributed by atoms with E-state index in [1.165, 1.54) is 5.56 Å². The number of aliphatic hydroxyl groups is 1. The summed E-state index contributed by atoms with van der Waals surface area (Å²) in [7, 11) is 0. The fourth-order valence-corrected chi connectivity index (χ4v) is 2.42. The molecule has 0 aromatic heterocycles. The first-order valence-electron chi connectivity index (χ1n) is 7.78. The molecule has 0 spiro atoms. The Hall–Kier alpha value is -2.33. The number of carbonyl (C=O) groups is 1. The maximum atomic E-state index is 12.1. The molecule has 23 heavy (non-hydrogen) atoms. The summed E-state index contributed by atoms with van der Waals surface area (Å²) in [5.74, 6) is 0. The van der Waals surface area contributed by atoms with E-state index < -0.39 is 6.04 Å². The summed E-state index contributed by atoms with van der Waals surface area (Å²) in [4.78, 5) is 12.1. The molecule has 0 bridgehead atoms. The minimum Gasteiger partial charge on any atom is -0.394 e. The Labute approximate surface area is 137 Å². The average Bonchev–Trinajstić information content (AvgIpc) is 2.59. The molecule has 0 saturated heterocycles. The zero-order valence-electron chi connectivity index (χ0n) is 13.6. The number of aliphatic hydroxyl groups excluding tert-OH is 1. The van der Waals surface area contributed by atoms with Crippen molar-refractivity contribution < 1.29 is 9.90 Å². The number of benzene rings is 2. The zero-order chi connectivity index (χ0) is 16.7. The van der Waals surface area contributed by atoms with Crippen molar-refractivity contribution in [1.82, 2.24) is 10.6 Å². The third-order valence-corrected chi connectivity index (χ3v) is 3.94. The number of carbonyl (C=O) groups excluding carboxylic acids is 1. The standard InChI is InChI=1S/C19H24N2O2/c1-19(2,16-11-7-4-8-12-16)14-20-18(23)21-17(13-22)15-9-5-3-6-10-15/h3-12,17,22H,13-14H2,1-2H3,(H2,20,21,23). The van der Waals surface area contributed by atoms with Gasteiger partial charge in [0.05, 0.1) is 12.6 Å². The van der Waals surface area contributed by atoms with E-state index in [1.807, 2.05) is 48.5 Å². The number of urea groups is 1. The molecule has 2 rings (SSSR count). The van der Waals surface area contributed by atoms with Gasteiger partial charge < -0.3 is 15.7 Å². The van der Waals surface area contributed by atoms with Crippen LogP contribution >= 0.6 is 0 Å². The van der Waals surface area contributed by atoms with Gasteiger partial charge in [-0.1, -0.05) is 74.5 Å². The van der Waals surface area contributed by atoms with Gasteiger partial charge in [-0.15, -0.1) is 0 Å².